The Kier molecular flexibility index (Phi) is 4.20. The molecule has 7 heteroatoms. The van der Waals surface area contributed by atoms with E-state index in [1.54, 1.807) is 19.2 Å². The van der Waals surface area contributed by atoms with E-state index >= 15 is 0 Å². The van der Waals surface area contributed by atoms with Crippen molar-refractivity contribution in [3.05, 3.63) is 48.2 Å². The maximum Gasteiger partial charge on any atom is 0.338 e. The molecule has 0 bridgehead atoms. The zero-order chi connectivity index (χ0) is 18.1. The van der Waals surface area contributed by atoms with Gasteiger partial charge in [0.05, 0.1) is 24.7 Å². The zero-order valence-electron chi connectivity index (χ0n) is 14.5. The number of nitrogens with two attached hydrogens (primary N) is 1. The molecule has 2 heterocycles. The van der Waals surface area contributed by atoms with E-state index in [2.05, 4.69) is 14.5 Å². The van der Waals surface area contributed by atoms with Crippen LogP contribution in [-0.4, -0.2) is 34.2 Å². The quantitative estimate of drug-likeness (QED) is 0.685. The number of nitrogen functional groups attached to an aromatic ring is 1. The number of fused-ring (bicyclic) bond motifs is 1. The number of hydrogen-bond donors (Lipinski definition) is 1. The van der Waals surface area contributed by atoms with Crippen LogP contribution < -0.4 is 10.5 Å². The number of aromatic nitrogens is 3. The van der Waals surface area contributed by atoms with Crippen LogP contribution in [0.2, 0.25) is 0 Å². The predicted octanol–water partition coefficient (Wildman–Crippen LogP) is 2.52. The minimum Gasteiger partial charge on any atom is -0.480 e. The molecular weight excluding hydrogens is 332 g/mol. The van der Waals surface area contributed by atoms with Crippen molar-refractivity contribution >= 4 is 23.0 Å². The van der Waals surface area contributed by atoms with Crippen molar-refractivity contribution in [3.63, 3.8) is 0 Å². The number of methoxy groups -OCH3 is 1. The van der Waals surface area contributed by atoms with Crippen LogP contribution in [0.3, 0.4) is 0 Å². The third kappa shape index (κ3) is 3.20. The highest BCUT2D eigenvalue weighted by Crippen LogP contribution is 2.41. The monoisotopic (exact) mass is 352 g/mol. The lowest BCUT2D eigenvalue weighted by atomic mass is 10.2. The summed E-state index contributed by atoms with van der Waals surface area (Å²) in [7, 11) is 1.57. The van der Waals surface area contributed by atoms with E-state index in [0.29, 0.717) is 29.9 Å². The van der Waals surface area contributed by atoms with Crippen LogP contribution in [0.25, 0.3) is 11.0 Å². The number of nitrogens with zero attached hydrogens (tertiary/aromatic N) is 3. The first-order valence-corrected chi connectivity index (χ1v) is 8.54. The molecule has 2 N–H and O–H groups in total. The smallest absolute Gasteiger partial charge is 0.338 e. The third-order valence-electron chi connectivity index (χ3n) is 4.73. The lowest BCUT2D eigenvalue weighted by molar-refractivity contribution is 0.0479. The summed E-state index contributed by atoms with van der Waals surface area (Å²) in [4.78, 5) is 20.4. The summed E-state index contributed by atoms with van der Waals surface area (Å²) < 4.78 is 12.8. The minimum atomic E-state index is -0.270. The van der Waals surface area contributed by atoms with Gasteiger partial charge in [-0.1, -0.05) is 18.2 Å². The van der Waals surface area contributed by atoms with Crippen LogP contribution in [0.4, 0.5) is 5.95 Å². The van der Waals surface area contributed by atoms with Crippen molar-refractivity contribution in [2.75, 3.05) is 19.5 Å². The van der Waals surface area contributed by atoms with Gasteiger partial charge in [0.1, 0.15) is 5.65 Å². The van der Waals surface area contributed by atoms with Gasteiger partial charge >= 0.3 is 5.97 Å². The number of hydrogen-bond acceptors (Lipinski definition) is 6. The molecule has 3 aromatic rings. The molecule has 2 atom stereocenters. The molecule has 1 fully saturated rings. The maximum absolute atomic E-state index is 12.0. The van der Waals surface area contributed by atoms with Crippen molar-refractivity contribution in [3.8, 4) is 5.88 Å². The minimum absolute atomic E-state index is 0.193. The van der Waals surface area contributed by atoms with E-state index in [0.717, 1.165) is 24.0 Å². The Morgan fingerprint density at radius 2 is 2.04 bits per heavy atom. The zero-order valence-corrected chi connectivity index (χ0v) is 14.5. The molecule has 1 aromatic carbocycles. The van der Waals surface area contributed by atoms with Crippen LogP contribution in [0.1, 0.15) is 16.8 Å². The fourth-order valence-corrected chi connectivity index (χ4v) is 3.19. The molecular formula is C19H20N4O3. The highest BCUT2D eigenvalue weighted by Gasteiger charge is 2.38. The summed E-state index contributed by atoms with van der Waals surface area (Å²) in [6.45, 7) is 1.24. The lowest BCUT2D eigenvalue weighted by Gasteiger charge is -2.07. The summed E-state index contributed by atoms with van der Waals surface area (Å²) in [5.41, 5.74) is 7.11. The first-order valence-electron chi connectivity index (χ1n) is 8.54. The first kappa shape index (κ1) is 16.4. The molecule has 7 nitrogen and oxygen atoms in total. The Morgan fingerprint density at radius 1 is 1.23 bits per heavy atom. The van der Waals surface area contributed by atoms with E-state index < -0.39 is 0 Å². The molecule has 0 amide bonds. The van der Waals surface area contributed by atoms with Gasteiger partial charge < -0.3 is 19.8 Å². The number of carbonyl (C=O) groups excluding carboxylic acids is 1. The van der Waals surface area contributed by atoms with E-state index in [1.165, 1.54) is 0 Å². The molecule has 2 unspecified atom stereocenters. The summed E-state index contributed by atoms with van der Waals surface area (Å²) in [6.07, 6.45) is 2.99. The average molecular weight is 352 g/mol. The number of anilines is 1. The second kappa shape index (κ2) is 6.67. The Labute approximate surface area is 150 Å². The van der Waals surface area contributed by atoms with E-state index in [1.807, 2.05) is 30.5 Å². The number of rotatable bonds is 6. The summed E-state index contributed by atoms with van der Waals surface area (Å²) in [5.74, 6) is 1.24. The van der Waals surface area contributed by atoms with Gasteiger partial charge in [0.25, 0.3) is 0 Å². The van der Waals surface area contributed by atoms with E-state index in [4.69, 9.17) is 15.2 Å². The Morgan fingerprint density at radius 3 is 2.81 bits per heavy atom. The summed E-state index contributed by atoms with van der Waals surface area (Å²) in [6, 6.07) is 11.0. The van der Waals surface area contributed by atoms with Crippen LogP contribution in [0, 0.1) is 11.8 Å². The largest absolute Gasteiger partial charge is 0.480 e. The summed E-state index contributed by atoms with van der Waals surface area (Å²) in [5, 5.41) is 0.842. The first-order chi connectivity index (χ1) is 12.7. The fraction of sp³-hybridized carbons (Fsp3) is 0.316. The third-order valence-corrected chi connectivity index (χ3v) is 4.73. The molecule has 4 rings (SSSR count). The van der Waals surface area contributed by atoms with E-state index in [-0.39, 0.29) is 11.9 Å². The molecule has 134 valence electrons. The predicted molar refractivity (Wildman–Crippen MR) is 96.8 cm³/mol. The highest BCUT2D eigenvalue weighted by atomic mass is 16.5. The lowest BCUT2D eigenvalue weighted by Crippen LogP contribution is -2.09. The molecule has 0 aliphatic heterocycles. The van der Waals surface area contributed by atoms with Gasteiger partial charge in [-0.2, -0.15) is 9.97 Å². The Bertz CT molecular complexity index is 939. The molecule has 2 aromatic heterocycles. The number of ether oxygens (including phenoxy) is 2. The van der Waals surface area contributed by atoms with Crippen LogP contribution >= 0.6 is 0 Å². The number of esters is 1. The SMILES string of the molecule is COc1nc(N)nc2c1ccn2CC1CC1COC(=O)c1ccccc1. The van der Waals surface area contributed by atoms with Crippen molar-refractivity contribution in [1.82, 2.24) is 14.5 Å². The van der Waals surface area contributed by atoms with Crippen molar-refractivity contribution in [2.45, 2.75) is 13.0 Å². The molecule has 0 spiro atoms. The molecule has 1 saturated carbocycles. The van der Waals surface area contributed by atoms with Crippen LogP contribution in [0.15, 0.2) is 42.6 Å². The second-order valence-corrected chi connectivity index (χ2v) is 6.52. The van der Waals surface area contributed by atoms with Crippen molar-refractivity contribution in [1.29, 1.82) is 0 Å². The Hall–Kier alpha value is -3.09. The van der Waals surface area contributed by atoms with E-state index in [9.17, 15) is 4.79 Å². The van der Waals surface area contributed by atoms with Crippen molar-refractivity contribution < 1.29 is 14.3 Å². The second-order valence-electron chi connectivity index (χ2n) is 6.52. The number of carbonyl (C=O) groups is 1. The fourth-order valence-electron chi connectivity index (χ4n) is 3.19. The van der Waals surface area contributed by atoms with Gasteiger partial charge in [0.15, 0.2) is 0 Å². The molecule has 0 radical (unpaired) electrons. The normalized spacial score (nSPS) is 18.7. The maximum atomic E-state index is 12.0. The molecule has 1 aliphatic rings. The standard InChI is InChI=1S/C19H20N4O3/c1-25-17-15-7-8-23(16(15)21-19(20)22-17)10-13-9-14(13)11-26-18(24)12-5-3-2-4-6-12/h2-8,13-14H,9-11H2,1H3,(H2,20,21,22). The van der Waals surface area contributed by atoms with Crippen molar-refractivity contribution in [2.24, 2.45) is 11.8 Å². The molecule has 26 heavy (non-hydrogen) atoms. The van der Waals surface area contributed by atoms with Gasteiger partial charge in [-0.05, 0) is 36.5 Å². The van der Waals surface area contributed by atoms with Gasteiger partial charge in [0.2, 0.25) is 11.8 Å². The van der Waals surface area contributed by atoms with Crippen LogP contribution in [0.5, 0.6) is 5.88 Å². The van der Waals surface area contributed by atoms with Crippen LogP contribution in [-0.2, 0) is 11.3 Å². The van der Waals surface area contributed by atoms with Gasteiger partial charge in [-0.25, -0.2) is 4.79 Å². The molecule has 0 saturated heterocycles. The number of benzene rings is 1. The Balaban J connectivity index is 1.37. The molecule has 1 aliphatic carbocycles. The van der Waals surface area contributed by atoms with Gasteiger partial charge in [0, 0.05) is 12.7 Å². The topological polar surface area (TPSA) is 92.3 Å². The summed E-state index contributed by atoms with van der Waals surface area (Å²) >= 11 is 0. The highest BCUT2D eigenvalue weighted by molar-refractivity contribution is 5.89. The average Bonchev–Trinajstić information content (AvgIpc) is 3.29. The van der Waals surface area contributed by atoms with Gasteiger partial charge in [-0.3, -0.25) is 0 Å². The van der Waals surface area contributed by atoms with Gasteiger partial charge in [-0.15, -0.1) is 0 Å².